The number of fused-ring (bicyclic) bond motifs is 1. The molecule has 7 heteroatoms. The summed E-state index contributed by atoms with van der Waals surface area (Å²) in [4.78, 5) is 22.1. The number of hydrogen-bond acceptors (Lipinski definition) is 6. The molecule has 0 aromatic heterocycles. The van der Waals surface area contributed by atoms with E-state index in [1.807, 2.05) is 37.8 Å². The Morgan fingerprint density at radius 2 is 1.93 bits per heavy atom. The van der Waals surface area contributed by atoms with E-state index in [9.17, 15) is 10.1 Å². The molecule has 2 aliphatic rings. The lowest BCUT2D eigenvalue weighted by molar-refractivity contribution is -0.127. The molecular formula is C22H27N5OS. The molecule has 0 unspecified atom stereocenters. The van der Waals surface area contributed by atoms with Gasteiger partial charge in [-0.25, -0.2) is 4.99 Å². The Kier molecular flexibility index (Phi) is 6.04. The molecule has 0 fully saturated rings. The number of nitrogens with zero attached hydrogens (tertiary/aromatic N) is 4. The number of amides is 1. The third kappa shape index (κ3) is 3.65. The van der Waals surface area contributed by atoms with Crippen molar-refractivity contribution in [3.05, 3.63) is 57.4 Å². The van der Waals surface area contributed by atoms with Crippen LogP contribution in [0.15, 0.2) is 51.3 Å². The molecule has 0 radical (unpaired) electrons. The average molecular weight is 410 g/mol. The number of carbonyl (C=O) groups is 1. The molecule has 0 spiro atoms. The highest BCUT2D eigenvalue weighted by atomic mass is 32.2. The maximum atomic E-state index is 13.4. The maximum absolute atomic E-state index is 13.4. The van der Waals surface area contributed by atoms with Gasteiger partial charge in [-0.2, -0.15) is 5.26 Å². The van der Waals surface area contributed by atoms with Crippen LogP contribution in [0.2, 0.25) is 0 Å². The van der Waals surface area contributed by atoms with Gasteiger partial charge in [-0.05, 0) is 49.6 Å². The van der Waals surface area contributed by atoms with Crippen molar-refractivity contribution in [3.8, 4) is 6.07 Å². The summed E-state index contributed by atoms with van der Waals surface area (Å²) in [5.41, 5.74) is 9.80. The zero-order chi connectivity index (χ0) is 21.3. The van der Waals surface area contributed by atoms with Gasteiger partial charge in [0, 0.05) is 13.1 Å². The molecule has 3 rings (SSSR count). The number of nitriles is 1. The number of amidine groups is 1. The van der Waals surface area contributed by atoms with Gasteiger partial charge in [-0.1, -0.05) is 38.1 Å². The monoisotopic (exact) mass is 409 g/mol. The molecule has 0 bridgehead atoms. The summed E-state index contributed by atoms with van der Waals surface area (Å²) in [5, 5.41) is 10.1. The van der Waals surface area contributed by atoms with Gasteiger partial charge in [0.25, 0.3) is 5.91 Å². The van der Waals surface area contributed by atoms with E-state index >= 15 is 0 Å². The molecule has 29 heavy (non-hydrogen) atoms. The number of aliphatic imine (C=N–C) groups is 1. The predicted octanol–water partition coefficient (Wildman–Crippen LogP) is 4.06. The van der Waals surface area contributed by atoms with E-state index in [-0.39, 0.29) is 5.91 Å². The standard InChI is InChI=1S/C22H27N5OS/c1-6-26(7-2)21(28)18-14(5)25-22-27(20(24)17(12-23)29-22)19(18)16-10-8-15(9-11-16)13(3)4/h8-11,13,19H,6-7,24H2,1-5H3/t19-/m0/s1. The van der Waals surface area contributed by atoms with E-state index in [0.29, 0.717) is 46.2 Å². The van der Waals surface area contributed by atoms with Gasteiger partial charge in [0.2, 0.25) is 0 Å². The summed E-state index contributed by atoms with van der Waals surface area (Å²) in [5.74, 6) is 0.724. The highest BCUT2D eigenvalue weighted by Crippen LogP contribution is 2.45. The molecular weight excluding hydrogens is 382 g/mol. The van der Waals surface area contributed by atoms with Crippen LogP contribution in [0, 0.1) is 11.3 Å². The fourth-order valence-electron chi connectivity index (χ4n) is 3.67. The molecule has 1 aromatic carbocycles. The van der Waals surface area contributed by atoms with Crippen LogP contribution in [0.25, 0.3) is 0 Å². The number of nitrogens with two attached hydrogens (primary N) is 1. The Bertz CT molecular complexity index is 948. The summed E-state index contributed by atoms with van der Waals surface area (Å²) in [6, 6.07) is 10.0. The van der Waals surface area contributed by atoms with Gasteiger partial charge in [-0.3, -0.25) is 9.69 Å². The van der Waals surface area contributed by atoms with Crippen molar-refractivity contribution in [2.45, 2.75) is 46.6 Å². The van der Waals surface area contributed by atoms with Crippen molar-refractivity contribution >= 4 is 22.8 Å². The number of benzene rings is 1. The lowest BCUT2D eigenvalue weighted by atomic mass is 9.91. The number of likely N-dealkylation sites (N-methyl/N-ethyl adjacent to an activating group) is 1. The second kappa shape index (κ2) is 8.34. The molecule has 152 valence electrons. The van der Waals surface area contributed by atoms with Crippen LogP contribution >= 0.6 is 11.8 Å². The molecule has 1 atom stereocenters. The lowest BCUT2D eigenvalue weighted by Gasteiger charge is -2.37. The first kappa shape index (κ1) is 21.0. The van der Waals surface area contributed by atoms with Gasteiger partial charge >= 0.3 is 0 Å². The van der Waals surface area contributed by atoms with Gasteiger partial charge in [0.15, 0.2) is 5.17 Å². The van der Waals surface area contributed by atoms with Crippen LogP contribution in [0.1, 0.15) is 57.7 Å². The highest BCUT2D eigenvalue weighted by molar-refractivity contribution is 8.17. The molecule has 2 heterocycles. The van der Waals surface area contributed by atoms with E-state index in [4.69, 9.17) is 5.73 Å². The minimum Gasteiger partial charge on any atom is -0.383 e. The summed E-state index contributed by atoms with van der Waals surface area (Å²) in [6.07, 6.45) is 0. The molecule has 0 saturated heterocycles. The van der Waals surface area contributed by atoms with Gasteiger partial charge in [-0.15, -0.1) is 0 Å². The minimum atomic E-state index is -0.407. The minimum absolute atomic E-state index is 0.0450. The first-order valence-electron chi connectivity index (χ1n) is 9.89. The van der Waals surface area contributed by atoms with Gasteiger partial charge in [0.05, 0.1) is 17.3 Å². The fourth-order valence-corrected chi connectivity index (χ4v) is 4.59. The van der Waals surface area contributed by atoms with Crippen molar-refractivity contribution in [1.82, 2.24) is 9.80 Å². The number of rotatable bonds is 5. The second-order valence-corrected chi connectivity index (χ2v) is 8.37. The zero-order valence-electron chi connectivity index (χ0n) is 17.6. The highest BCUT2D eigenvalue weighted by Gasteiger charge is 2.42. The molecule has 1 aromatic rings. The van der Waals surface area contributed by atoms with E-state index in [1.54, 1.807) is 4.90 Å². The molecule has 0 aliphatic carbocycles. The molecule has 6 nitrogen and oxygen atoms in total. The number of carbonyl (C=O) groups excluding carboxylic acids is 1. The summed E-state index contributed by atoms with van der Waals surface area (Å²) in [6.45, 7) is 11.3. The molecule has 1 amide bonds. The number of hydrogen-bond donors (Lipinski definition) is 1. The third-order valence-electron chi connectivity index (χ3n) is 5.38. The van der Waals surface area contributed by atoms with E-state index < -0.39 is 6.04 Å². The molecule has 0 saturated carbocycles. The van der Waals surface area contributed by atoms with Gasteiger partial charge in [0.1, 0.15) is 16.8 Å². The van der Waals surface area contributed by atoms with Crippen LogP contribution < -0.4 is 5.73 Å². The van der Waals surface area contributed by atoms with E-state index in [2.05, 4.69) is 37.0 Å². The topological polar surface area (TPSA) is 85.7 Å². The molecule has 2 N–H and O–H groups in total. The van der Waals surface area contributed by atoms with Crippen LogP contribution in [-0.2, 0) is 4.79 Å². The first-order chi connectivity index (χ1) is 13.8. The van der Waals surface area contributed by atoms with Crippen molar-refractivity contribution in [2.75, 3.05) is 13.1 Å². The normalized spacial score (nSPS) is 18.7. The number of allylic oxidation sites excluding steroid dienone is 2. The Labute approximate surface area is 176 Å². The van der Waals surface area contributed by atoms with Crippen molar-refractivity contribution in [3.63, 3.8) is 0 Å². The molecule has 2 aliphatic heterocycles. The predicted molar refractivity (Wildman–Crippen MR) is 118 cm³/mol. The van der Waals surface area contributed by atoms with E-state index in [1.165, 1.54) is 17.3 Å². The smallest absolute Gasteiger partial charge is 0.254 e. The van der Waals surface area contributed by atoms with Crippen LogP contribution in [0.3, 0.4) is 0 Å². The Balaban J connectivity index is 2.17. The largest absolute Gasteiger partial charge is 0.383 e. The lowest BCUT2D eigenvalue weighted by Crippen LogP contribution is -2.42. The fraction of sp³-hybridized carbons (Fsp3) is 0.409. The number of thioether (sulfide) groups is 1. The summed E-state index contributed by atoms with van der Waals surface area (Å²) < 4.78 is 0. The zero-order valence-corrected chi connectivity index (χ0v) is 18.4. The Morgan fingerprint density at radius 1 is 1.31 bits per heavy atom. The third-order valence-corrected chi connectivity index (χ3v) is 6.35. The van der Waals surface area contributed by atoms with Crippen molar-refractivity contribution in [1.29, 1.82) is 5.26 Å². The van der Waals surface area contributed by atoms with Crippen LogP contribution in [-0.4, -0.2) is 34.0 Å². The van der Waals surface area contributed by atoms with Crippen molar-refractivity contribution < 1.29 is 4.79 Å². The Morgan fingerprint density at radius 3 is 2.45 bits per heavy atom. The van der Waals surface area contributed by atoms with Crippen LogP contribution in [0.5, 0.6) is 0 Å². The SMILES string of the molecule is CCN(CC)C(=O)C1=C(C)N=C2SC(C#N)=C(N)N2[C@H]1c1ccc(C(C)C)cc1. The Hall–Kier alpha value is -2.72. The maximum Gasteiger partial charge on any atom is 0.254 e. The van der Waals surface area contributed by atoms with Crippen LogP contribution in [0.4, 0.5) is 0 Å². The summed E-state index contributed by atoms with van der Waals surface area (Å²) >= 11 is 1.26. The summed E-state index contributed by atoms with van der Waals surface area (Å²) in [7, 11) is 0. The van der Waals surface area contributed by atoms with Crippen molar-refractivity contribution in [2.24, 2.45) is 10.7 Å². The van der Waals surface area contributed by atoms with Gasteiger partial charge < -0.3 is 10.6 Å². The first-order valence-corrected chi connectivity index (χ1v) is 10.7. The average Bonchev–Trinajstić information content (AvgIpc) is 3.03. The quantitative estimate of drug-likeness (QED) is 0.792. The van der Waals surface area contributed by atoms with E-state index in [0.717, 1.165) is 5.56 Å². The second-order valence-electron chi connectivity index (χ2n) is 7.39.